The minimum absolute atomic E-state index is 0.167. The second kappa shape index (κ2) is 17.5. The summed E-state index contributed by atoms with van der Waals surface area (Å²) >= 11 is 0. The molecule has 4 amide bonds. The summed E-state index contributed by atoms with van der Waals surface area (Å²) in [5.74, 6) is -0.146. The van der Waals surface area contributed by atoms with Crippen molar-refractivity contribution in [3.8, 4) is 17.0 Å². The van der Waals surface area contributed by atoms with Crippen molar-refractivity contribution in [1.82, 2.24) is 31.0 Å². The van der Waals surface area contributed by atoms with Crippen LogP contribution < -0.4 is 42.0 Å². The van der Waals surface area contributed by atoms with Crippen molar-refractivity contribution in [2.45, 2.75) is 63.6 Å². The summed E-state index contributed by atoms with van der Waals surface area (Å²) in [5, 5.41) is 33.8. The van der Waals surface area contributed by atoms with E-state index in [1.165, 1.54) is 12.8 Å². The molecule has 2 saturated heterocycles. The quantitative estimate of drug-likeness (QED) is 0.0878. The number of carboxylic acids is 1. The lowest BCUT2D eigenvalue weighted by Crippen LogP contribution is -2.58. The van der Waals surface area contributed by atoms with Gasteiger partial charge in [-0.1, -0.05) is 30.7 Å². The highest BCUT2D eigenvalue weighted by atomic mass is 16.5. The number of ether oxygens (including phenoxy) is 1. The predicted molar refractivity (Wildman–Crippen MR) is 211 cm³/mol. The number of nitrogens with one attached hydrogen (secondary N) is 5. The molecule has 2 atom stereocenters. The molecule has 3 fully saturated rings. The van der Waals surface area contributed by atoms with Crippen LogP contribution in [0, 0.1) is 11.3 Å². The van der Waals surface area contributed by atoms with E-state index in [0.717, 1.165) is 80.1 Å². The SMILES string of the molecule is NC(=O)NCCC[C@H](NC(=O)C1(C(=O)O)CCC1)C(=O)Nc1ccc(COc2ccccc2-c2cc3c(nn2)NC[C@H]2CN(CC4CCNCC4)CCN32)cc1. The molecule has 8 N–H and O–H groups in total. The maximum atomic E-state index is 13.4. The monoisotopic (exact) mass is 768 g/mol. The van der Waals surface area contributed by atoms with Crippen molar-refractivity contribution < 1.29 is 29.0 Å². The smallest absolute Gasteiger partial charge is 0.319 e. The van der Waals surface area contributed by atoms with Crippen LogP contribution in [0.15, 0.2) is 54.6 Å². The van der Waals surface area contributed by atoms with Gasteiger partial charge in [-0.3, -0.25) is 19.3 Å². The summed E-state index contributed by atoms with van der Waals surface area (Å²) < 4.78 is 6.33. The van der Waals surface area contributed by atoms with Crippen LogP contribution in [0.4, 0.5) is 22.0 Å². The molecular formula is C40H52N10O6. The molecule has 0 unspecified atom stereocenters. The van der Waals surface area contributed by atoms with Crippen molar-refractivity contribution in [3.05, 3.63) is 60.2 Å². The third-order valence-corrected chi connectivity index (χ3v) is 11.6. The van der Waals surface area contributed by atoms with Crippen LogP contribution in [-0.2, 0) is 21.0 Å². The van der Waals surface area contributed by atoms with Crippen LogP contribution in [0.5, 0.6) is 5.75 Å². The number of hydrogen-bond donors (Lipinski definition) is 7. The van der Waals surface area contributed by atoms with E-state index in [0.29, 0.717) is 30.3 Å². The Morgan fingerprint density at radius 1 is 1.04 bits per heavy atom. The van der Waals surface area contributed by atoms with Gasteiger partial charge in [0.25, 0.3) is 0 Å². The Bertz CT molecular complexity index is 1880. The maximum Gasteiger partial charge on any atom is 0.319 e. The number of piperazine rings is 1. The summed E-state index contributed by atoms with van der Waals surface area (Å²) in [6.07, 6.45) is 4.06. The first-order chi connectivity index (χ1) is 27.2. The number of rotatable bonds is 15. The van der Waals surface area contributed by atoms with Gasteiger partial charge >= 0.3 is 12.0 Å². The summed E-state index contributed by atoms with van der Waals surface area (Å²) in [5.41, 5.74) is 7.61. The number of para-hydroxylation sites is 1. The van der Waals surface area contributed by atoms with Gasteiger partial charge in [0.05, 0.1) is 17.4 Å². The molecule has 7 rings (SSSR count). The number of hydrogen-bond acceptors (Lipinski definition) is 11. The summed E-state index contributed by atoms with van der Waals surface area (Å²) in [4.78, 5) is 54.5. The van der Waals surface area contributed by atoms with Crippen molar-refractivity contribution >= 4 is 41.0 Å². The standard InChI is InChI=1S/C40H52N10O6/c41-39(55)43-16-3-6-31(46-37(52)40(38(53)54)14-4-15-40)36(51)45-28-10-8-27(9-11-28)25-56-34-7-2-1-5-30(34)32-21-33-35(48-47-32)44-22-29-24-49(19-20-50(29)33)23-26-12-17-42-18-13-26/h1-2,5,7-11,21,26,29,31,42H,3-4,6,12-20,22-25H2,(H,44,48)(H,45,51)(H,46,52)(H,53,54)(H3,41,43,55)/t29-,31-/m0/s1. The number of piperidine rings is 1. The molecule has 298 valence electrons. The number of nitrogens with zero attached hydrogens (tertiary/aromatic N) is 4. The summed E-state index contributed by atoms with van der Waals surface area (Å²) in [6.45, 7) is 7.69. The lowest BCUT2D eigenvalue weighted by molar-refractivity contribution is -0.162. The Labute approximate surface area is 326 Å². The molecule has 2 aromatic carbocycles. The molecule has 4 heterocycles. The van der Waals surface area contributed by atoms with E-state index in [9.17, 15) is 24.3 Å². The number of aromatic nitrogens is 2. The molecule has 0 spiro atoms. The van der Waals surface area contributed by atoms with Gasteiger partial charge in [-0.25, -0.2) is 4.79 Å². The number of amides is 4. The van der Waals surface area contributed by atoms with Gasteiger partial charge in [0.15, 0.2) is 5.82 Å². The fourth-order valence-corrected chi connectivity index (χ4v) is 8.11. The maximum absolute atomic E-state index is 13.4. The Morgan fingerprint density at radius 3 is 2.55 bits per heavy atom. The number of fused-ring (bicyclic) bond motifs is 3. The average molecular weight is 769 g/mol. The first kappa shape index (κ1) is 38.8. The van der Waals surface area contributed by atoms with E-state index in [4.69, 9.17) is 10.5 Å². The highest BCUT2D eigenvalue weighted by Crippen LogP contribution is 2.42. The second-order valence-electron chi connectivity index (χ2n) is 15.3. The van der Waals surface area contributed by atoms with Crippen LogP contribution in [0.3, 0.4) is 0 Å². The summed E-state index contributed by atoms with van der Waals surface area (Å²) in [7, 11) is 0. The van der Waals surface area contributed by atoms with Gasteiger partial charge < -0.3 is 47.1 Å². The van der Waals surface area contributed by atoms with E-state index in [1.807, 2.05) is 36.4 Å². The van der Waals surface area contributed by atoms with Crippen LogP contribution in [0.1, 0.15) is 50.5 Å². The van der Waals surface area contributed by atoms with Gasteiger partial charge in [-0.15, -0.1) is 10.2 Å². The number of benzene rings is 2. The fraction of sp³-hybridized carbons (Fsp3) is 0.500. The van der Waals surface area contributed by atoms with Crippen LogP contribution in [0.25, 0.3) is 11.3 Å². The molecule has 1 saturated carbocycles. The molecule has 4 aliphatic rings. The third kappa shape index (κ3) is 8.97. The minimum atomic E-state index is -1.53. The average Bonchev–Trinajstić information content (AvgIpc) is 3.18. The Kier molecular flexibility index (Phi) is 12.1. The van der Waals surface area contributed by atoms with Gasteiger partial charge in [-0.05, 0) is 93.4 Å². The number of nitrogens with two attached hydrogens (primary N) is 1. The Hall–Kier alpha value is -5.48. The summed E-state index contributed by atoms with van der Waals surface area (Å²) in [6, 6.07) is 15.7. The number of urea groups is 1. The molecular weight excluding hydrogens is 717 g/mol. The molecule has 1 aromatic heterocycles. The number of carbonyl (C=O) groups is 4. The van der Waals surface area contributed by atoms with Gasteiger partial charge in [-0.2, -0.15) is 0 Å². The van der Waals surface area contributed by atoms with Gasteiger partial charge in [0, 0.05) is 50.5 Å². The van der Waals surface area contributed by atoms with Gasteiger partial charge in [0.2, 0.25) is 11.8 Å². The molecule has 3 aromatic rings. The molecule has 0 radical (unpaired) electrons. The molecule has 3 aliphatic heterocycles. The number of aliphatic carboxylic acids is 1. The van der Waals surface area contributed by atoms with E-state index in [2.05, 4.69) is 52.6 Å². The van der Waals surface area contributed by atoms with Crippen molar-refractivity contribution in [2.24, 2.45) is 17.1 Å². The molecule has 1 aliphatic carbocycles. The Morgan fingerprint density at radius 2 is 1.82 bits per heavy atom. The van der Waals surface area contributed by atoms with E-state index >= 15 is 0 Å². The largest absolute Gasteiger partial charge is 0.488 e. The van der Waals surface area contributed by atoms with E-state index in [-0.39, 0.29) is 32.4 Å². The highest BCUT2D eigenvalue weighted by Gasteiger charge is 2.52. The lowest BCUT2D eigenvalue weighted by Gasteiger charge is -2.46. The van der Waals surface area contributed by atoms with E-state index < -0.39 is 35.3 Å². The van der Waals surface area contributed by atoms with Crippen molar-refractivity contribution in [1.29, 1.82) is 0 Å². The zero-order chi connectivity index (χ0) is 39.1. The second-order valence-corrected chi connectivity index (χ2v) is 15.3. The highest BCUT2D eigenvalue weighted by molar-refractivity contribution is 6.05. The Balaban J connectivity index is 0.966. The van der Waals surface area contributed by atoms with Crippen LogP contribution in [-0.4, -0.2) is 108 Å². The van der Waals surface area contributed by atoms with Crippen LogP contribution >= 0.6 is 0 Å². The number of primary amides is 1. The zero-order valence-electron chi connectivity index (χ0n) is 31.6. The number of anilines is 3. The lowest BCUT2D eigenvalue weighted by atomic mass is 9.68. The molecule has 56 heavy (non-hydrogen) atoms. The third-order valence-electron chi connectivity index (χ3n) is 11.6. The van der Waals surface area contributed by atoms with Crippen molar-refractivity contribution in [3.63, 3.8) is 0 Å². The zero-order valence-corrected chi connectivity index (χ0v) is 31.6. The molecule has 16 nitrogen and oxygen atoms in total. The fourth-order valence-electron chi connectivity index (χ4n) is 8.11. The predicted octanol–water partition coefficient (Wildman–Crippen LogP) is 2.77. The van der Waals surface area contributed by atoms with E-state index in [1.54, 1.807) is 12.1 Å². The normalized spacial score (nSPS) is 19.6. The topological polar surface area (TPSA) is 216 Å². The molecule has 16 heteroatoms. The first-order valence-corrected chi connectivity index (χ1v) is 19.7. The van der Waals surface area contributed by atoms with Crippen molar-refractivity contribution in [2.75, 3.05) is 67.9 Å². The van der Waals surface area contributed by atoms with Gasteiger partial charge in [0.1, 0.15) is 23.8 Å². The number of carbonyl (C=O) groups excluding carboxylic acids is 3. The molecule has 0 bridgehead atoms. The minimum Gasteiger partial charge on any atom is -0.488 e. The van der Waals surface area contributed by atoms with Crippen LogP contribution in [0.2, 0.25) is 0 Å². The first-order valence-electron chi connectivity index (χ1n) is 19.7. The number of carboxylic acid groups (broad SMARTS) is 1.